The number of piperidine rings is 1. The van der Waals surface area contributed by atoms with Gasteiger partial charge in [0.25, 0.3) is 11.5 Å². The monoisotopic (exact) mass is 426 g/mol. The lowest BCUT2D eigenvalue weighted by atomic mass is 9.87. The van der Waals surface area contributed by atoms with Crippen LogP contribution in [0.15, 0.2) is 27.8 Å². The number of carbonyl (C=O) groups is 2. The number of rotatable bonds is 4. The predicted octanol–water partition coefficient (Wildman–Crippen LogP) is 2.01. The van der Waals surface area contributed by atoms with Gasteiger partial charge in [-0.2, -0.15) is 0 Å². The second-order valence-corrected chi connectivity index (χ2v) is 8.65. The molecule has 0 radical (unpaired) electrons. The first-order valence-electron chi connectivity index (χ1n) is 11.3. The van der Waals surface area contributed by atoms with Crippen LogP contribution in [0.4, 0.5) is 0 Å². The Balaban J connectivity index is 1.39. The highest BCUT2D eigenvalue weighted by molar-refractivity contribution is 5.97. The number of aromatic nitrogens is 2. The van der Waals surface area contributed by atoms with Crippen LogP contribution in [0.25, 0.3) is 10.9 Å². The number of fused-ring (bicyclic) bond motifs is 1. The molecule has 2 fully saturated rings. The van der Waals surface area contributed by atoms with Crippen LogP contribution in [0.2, 0.25) is 0 Å². The zero-order chi connectivity index (χ0) is 22.0. The first-order chi connectivity index (χ1) is 15.0. The average Bonchev–Trinajstić information content (AvgIpc) is 2.79. The number of carbonyl (C=O) groups excluding carboxylic acids is 2. The van der Waals surface area contributed by atoms with Gasteiger partial charge in [-0.1, -0.05) is 19.3 Å². The molecular formula is C23H30N4O4. The third-order valence-corrected chi connectivity index (χ3v) is 6.66. The molecule has 2 heterocycles. The fourth-order valence-electron chi connectivity index (χ4n) is 4.80. The molecule has 31 heavy (non-hydrogen) atoms. The molecule has 0 spiro atoms. The summed E-state index contributed by atoms with van der Waals surface area (Å²) in [5, 5.41) is 3.42. The first-order valence-corrected chi connectivity index (χ1v) is 11.3. The van der Waals surface area contributed by atoms with Crippen molar-refractivity contribution in [2.75, 3.05) is 13.1 Å². The van der Waals surface area contributed by atoms with E-state index in [4.69, 9.17) is 0 Å². The lowest BCUT2D eigenvalue weighted by molar-refractivity contribution is -0.137. The minimum absolute atomic E-state index is 0.00532. The van der Waals surface area contributed by atoms with Gasteiger partial charge in [0.15, 0.2) is 0 Å². The molecule has 8 nitrogen and oxygen atoms in total. The van der Waals surface area contributed by atoms with Crippen LogP contribution >= 0.6 is 0 Å². The Morgan fingerprint density at radius 2 is 1.77 bits per heavy atom. The molecule has 8 heteroatoms. The normalized spacial score (nSPS) is 18.3. The third kappa shape index (κ3) is 4.43. The molecule has 1 aromatic heterocycles. The van der Waals surface area contributed by atoms with Crippen LogP contribution in [0.3, 0.4) is 0 Å². The Labute approximate surface area is 180 Å². The van der Waals surface area contributed by atoms with E-state index in [0.29, 0.717) is 29.6 Å². The summed E-state index contributed by atoms with van der Waals surface area (Å²) in [5.74, 6) is 0.220. The standard InChI is InChI=1S/C23H30N4O4/c1-2-27-22(30)18-9-8-16(14-19(18)25-23(27)31)20(28)24-17-10-12-26(13-11-17)21(29)15-6-4-3-5-7-15/h8-9,14-15,17H,2-7,10-13H2,1H3,(H,24,28)(H,25,31). The topological polar surface area (TPSA) is 104 Å². The Morgan fingerprint density at radius 3 is 2.45 bits per heavy atom. The van der Waals surface area contributed by atoms with E-state index in [2.05, 4.69) is 10.3 Å². The van der Waals surface area contributed by atoms with Gasteiger partial charge in [0.2, 0.25) is 5.91 Å². The molecule has 1 saturated heterocycles. The van der Waals surface area contributed by atoms with Crippen molar-refractivity contribution in [2.45, 2.75) is 64.5 Å². The van der Waals surface area contributed by atoms with Crippen LogP contribution in [0.1, 0.15) is 62.2 Å². The van der Waals surface area contributed by atoms with Gasteiger partial charge in [0.1, 0.15) is 0 Å². The smallest absolute Gasteiger partial charge is 0.328 e. The number of hydrogen-bond donors (Lipinski definition) is 2. The number of hydrogen-bond acceptors (Lipinski definition) is 4. The molecule has 0 bridgehead atoms. The SMILES string of the molecule is CCn1c(=O)[nH]c2cc(C(=O)NC3CCN(C(=O)C4CCCCC4)CC3)ccc2c1=O. The number of H-pyrrole nitrogens is 1. The maximum Gasteiger partial charge on any atom is 0.328 e. The van der Waals surface area contributed by atoms with Crippen molar-refractivity contribution in [3.8, 4) is 0 Å². The highest BCUT2D eigenvalue weighted by Crippen LogP contribution is 2.26. The first kappa shape index (κ1) is 21.3. The number of amides is 2. The van der Waals surface area contributed by atoms with E-state index < -0.39 is 5.69 Å². The Bertz CT molecular complexity index is 1090. The fraction of sp³-hybridized carbons (Fsp3) is 0.565. The van der Waals surface area contributed by atoms with Crippen molar-refractivity contribution >= 4 is 22.7 Å². The van der Waals surface area contributed by atoms with E-state index in [1.54, 1.807) is 25.1 Å². The molecule has 2 amide bonds. The predicted molar refractivity (Wildman–Crippen MR) is 118 cm³/mol. The van der Waals surface area contributed by atoms with Crippen molar-refractivity contribution in [3.05, 3.63) is 44.6 Å². The summed E-state index contributed by atoms with van der Waals surface area (Å²) in [7, 11) is 0. The van der Waals surface area contributed by atoms with E-state index in [-0.39, 0.29) is 35.9 Å². The van der Waals surface area contributed by atoms with Crippen LogP contribution in [-0.2, 0) is 11.3 Å². The molecule has 1 aliphatic heterocycles. The molecule has 166 valence electrons. The zero-order valence-electron chi connectivity index (χ0n) is 18.0. The van der Waals surface area contributed by atoms with Gasteiger partial charge in [-0.15, -0.1) is 0 Å². The van der Waals surface area contributed by atoms with E-state index >= 15 is 0 Å². The van der Waals surface area contributed by atoms with Gasteiger partial charge in [-0.05, 0) is 50.8 Å². The summed E-state index contributed by atoms with van der Waals surface area (Å²) < 4.78 is 1.13. The summed E-state index contributed by atoms with van der Waals surface area (Å²) in [4.78, 5) is 54.5. The summed E-state index contributed by atoms with van der Waals surface area (Å²) in [6.07, 6.45) is 6.99. The van der Waals surface area contributed by atoms with Gasteiger partial charge in [0.05, 0.1) is 10.9 Å². The van der Waals surface area contributed by atoms with Crippen molar-refractivity contribution in [3.63, 3.8) is 0 Å². The van der Waals surface area contributed by atoms with Gasteiger partial charge >= 0.3 is 5.69 Å². The van der Waals surface area contributed by atoms with E-state index in [9.17, 15) is 19.2 Å². The summed E-state index contributed by atoms with van der Waals surface area (Å²) in [5.41, 5.74) is -0.0754. The Kier molecular flexibility index (Phi) is 6.25. The third-order valence-electron chi connectivity index (χ3n) is 6.66. The maximum atomic E-state index is 12.7. The number of likely N-dealkylation sites (tertiary alicyclic amines) is 1. The number of aromatic amines is 1. The molecule has 2 aliphatic rings. The van der Waals surface area contributed by atoms with Gasteiger partial charge in [0, 0.05) is 37.2 Å². The molecule has 1 saturated carbocycles. The van der Waals surface area contributed by atoms with Gasteiger partial charge < -0.3 is 15.2 Å². The molecule has 4 rings (SSSR count). The Hall–Kier alpha value is -2.90. The van der Waals surface area contributed by atoms with Crippen molar-refractivity contribution in [1.82, 2.24) is 19.8 Å². The Morgan fingerprint density at radius 1 is 1.06 bits per heavy atom. The fourth-order valence-corrected chi connectivity index (χ4v) is 4.80. The van der Waals surface area contributed by atoms with Crippen LogP contribution in [0.5, 0.6) is 0 Å². The van der Waals surface area contributed by atoms with E-state index in [0.717, 1.165) is 43.1 Å². The summed E-state index contributed by atoms with van der Waals surface area (Å²) >= 11 is 0. The highest BCUT2D eigenvalue weighted by atomic mass is 16.2. The van der Waals surface area contributed by atoms with Crippen molar-refractivity contribution < 1.29 is 9.59 Å². The molecule has 1 aromatic carbocycles. The second kappa shape index (κ2) is 9.08. The van der Waals surface area contributed by atoms with Crippen LogP contribution < -0.4 is 16.6 Å². The van der Waals surface area contributed by atoms with Crippen LogP contribution in [-0.4, -0.2) is 45.4 Å². The lowest BCUT2D eigenvalue weighted by Crippen LogP contribution is -2.48. The molecule has 2 aromatic rings. The maximum absolute atomic E-state index is 12.7. The largest absolute Gasteiger partial charge is 0.349 e. The highest BCUT2D eigenvalue weighted by Gasteiger charge is 2.29. The van der Waals surface area contributed by atoms with E-state index in [1.807, 2.05) is 4.90 Å². The molecule has 0 unspecified atom stereocenters. The lowest BCUT2D eigenvalue weighted by Gasteiger charge is -2.35. The van der Waals surface area contributed by atoms with Crippen molar-refractivity contribution in [2.24, 2.45) is 5.92 Å². The summed E-state index contributed by atoms with van der Waals surface area (Å²) in [6.45, 7) is 3.36. The number of nitrogens with one attached hydrogen (secondary N) is 2. The molecule has 1 aliphatic carbocycles. The van der Waals surface area contributed by atoms with Crippen LogP contribution in [0, 0.1) is 5.92 Å². The molecular weight excluding hydrogens is 396 g/mol. The quantitative estimate of drug-likeness (QED) is 0.780. The zero-order valence-corrected chi connectivity index (χ0v) is 18.0. The van der Waals surface area contributed by atoms with Gasteiger partial charge in [-0.3, -0.25) is 19.0 Å². The average molecular weight is 427 g/mol. The van der Waals surface area contributed by atoms with Crippen molar-refractivity contribution in [1.29, 1.82) is 0 Å². The second-order valence-electron chi connectivity index (χ2n) is 8.65. The number of nitrogens with zero attached hydrogens (tertiary/aromatic N) is 2. The minimum atomic E-state index is -0.479. The molecule has 2 N–H and O–H groups in total. The molecule has 0 atom stereocenters. The summed E-state index contributed by atoms with van der Waals surface area (Å²) in [6, 6.07) is 4.75. The number of benzene rings is 1. The van der Waals surface area contributed by atoms with E-state index in [1.165, 1.54) is 6.42 Å². The van der Waals surface area contributed by atoms with Gasteiger partial charge in [-0.25, -0.2) is 4.79 Å². The minimum Gasteiger partial charge on any atom is -0.349 e.